The van der Waals surface area contributed by atoms with Gasteiger partial charge in [0.1, 0.15) is 0 Å². The molecule has 0 aliphatic carbocycles. The Morgan fingerprint density at radius 1 is 1.47 bits per heavy atom. The molecule has 4 heteroatoms. The van der Waals surface area contributed by atoms with Crippen molar-refractivity contribution in [2.24, 2.45) is 4.99 Å². The van der Waals surface area contributed by atoms with E-state index in [4.69, 9.17) is 0 Å². The van der Waals surface area contributed by atoms with E-state index in [-0.39, 0.29) is 0 Å². The molecule has 0 spiro atoms. The van der Waals surface area contributed by atoms with Gasteiger partial charge in [-0.25, -0.2) is 0 Å². The van der Waals surface area contributed by atoms with E-state index in [0.717, 1.165) is 32.1 Å². The lowest BCUT2D eigenvalue weighted by Gasteiger charge is -2.27. The second kappa shape index (κ2) is 5.35. The Morgan fingerprint density at radius 3 is 3.00 bits per heavy atom. The number of aliphatic imine (C=N–C) groups is 1. The Hall–Kier alpha value is -0.770. The van der Waals surface area contributed by atoms with Gasteiger partial charge in [-0.3, -0.25) is 4.99 Å². The number of rotatable bonds is 4. The lowest BCUT2D eigenvalue weighted by atomic mass is 10.2. The predicted octanol–water partition coefficient (Wildman–Crippen LogP) is 0.410. The Morgan fingerprint density at radius 2 is 2.40 bits per heavy atom. The number of guanidine groups is 1. The highest BCUT2D eigenvalue weighted by Gasteiger charge is 2.20. The van der Waals surface area contributed by atoms with Crippen molar-refractivity contribution in [3.05, 3.63) is 0 Å². The monoisotopic (exact) mass is 210 g/mol. The van der Waals surface area contributed by atoms with Crippen molar-refractivity contribution in [3.63, 3.8) is 0 Å². The van der Waals surface area contributed by atoms with Gasteiger partial charge in [0.05, 0.1) is 6.54 Å². The molecule has 0 amide bonds. The molecule has 2 aliphatic heterocycles. The summed E-state index contributed by atoms with van der Waals surface area (Å²) in [5.74, 6) is 1.12. The molecule has 0 aromatic rings. The molecule has 2 aliphatic rings. The van der Waals surface area contributed by atoms with E-state index in [1.54, 1.807) is 0 Å². The highest BCUT2D eigenvalue weighted by atomic mass is 15.3. The first-order valence-electron chi connectivity index (χ1n) is 6.17. The normalized spacial score (nSPS) is 25.1. The molecule has 4 nitrogen and oxygen atoms in total. The molecule has 0 saturated carbocycles. The minimum absolute atomic E-state index is 0.668. The van der Waals surface area contributed by atoms with Crippen molar-refractivity contribution in [3.8, 4) is 0 Å². The van der Waals surface area contributed by atoms with Gasteiger partial charge in [0.15, 0.2) is 5.96 Å². The lowest BCUT2D eigenvalue weighted by molar-refractivity contribution is 0.361. The van der Waals surface area contributed by atoms with Gasteiger partial charge in [0.2, 0.25) is 0 Å². The number of nitrogens with one attached hydrogen (secondary N) is 2. The maximum absolute atomic E-state index is 4.50. The fourth-order valence-corrected chi connectivity index (χ4v) is 2.33. The largest absolute Gasteiger partial charge is 0.354 e. The molecule has 1 saturated heterocycles. The number of nitrogens with zero attached hydrogens (tertiary/aromatic N) is 2. The van der Waals surface area contributed by atoms with Crippen LogP contribution in [0.15, 0.2) is 4.99 Å². The fourth-order valence-electron chi connectivity index (χ4n) is 2.33. The van der Waals surface area contributed by atoms with Crippen molar-refractivity contribution >= 4 is 5.96 Å². The summed E-state index contributed by atoms with van der Waals surface area (Å²) in [7, 11) is 0. The van der Waals surface area contributed by atoms with Gasteiger partial charge in [0, 0.05) is 25.7 Å². The summed E-state index contributed by atoms with van der Waals surface area (Å²) in [6.07, 6.45) is 3.82. The van der Waals surface area contributed by atoms with Gasteiger partial charge in [0.25, 0.3) is 0 Å². The van der Waals surface area contributed by atoms with Crippen LogP contribution in [0, 0.1) is 0 Å². The van der Waals surface area contributed by atoms with Crippen LogP contribution in [-0.4, -0.2) is 49.6 Å². The zero-order chi connectivity index (χ0) is 10.5. The second-order valence-corrected chi connectivity index (χ2v) is 4.37. The average molecular weight is 210 g/mol. The van der Waals surface area contributed by atoms with Crippen LogP contribution in [-0.2, 0) is 0 Å². The van der Waals surface area contributed by atoms with Gasteiger partial charge in [-0.2, -0.15) is 0 Å². The maximum Gasteiger partial charge on any atom is 0.194 e. The summed E-state index contributed by atoms with van der Waals surface area (Å²) in [6, 6.07) is 0.668. The van der Waals surface area contributed by atoms with Crippen LogP contribution in [0.25, 0.3) is 0 Å². The summed E-state index contributed by atoms with van der Waals surface area (Å²) in [5, 5.41) is 6.91. The number of hydrogen-bond donors (Lipinski definition) is 2. The summed E-state index contributed by atoms with van der Waals surface area (Å²) >= 11 is 0. The Labute approximate surface area is 92.1 Å². The summed E-state index contributed by atoms with van der Waals surface area (Å²) in [5.41, 5.74) is 0. The van der Waals surface area contributed by atoms with Gasteiger partial charge in [-0.05, 0) is 25.8 Å². The highest BCUT2D eigenvalue weighted by molar-refractivity contribution is 5.81. The third kappa shape index (κ3) is 2.84. The third-order valence-corrected chi connectivity index (χ3v) is 3.05. The van der Waals surface area contributed by atoms with Crippen LogP contribution in [0.3, 0.4) is 0 Å². The van der Waals surface area contributed by atoms with E-state index < -0.39 is 0 Å². The van der Waals surface area contributed by atoms with Crippen LogP contribution in [0.5, 0.6) is 0 Å². The first-order chi connectivity index (χ1) is 7.40. The zero-order valence-corrected chi connectivity index (χ0v) is 9.63. The fraction of sp³-hybridized carbons (Fsp3) is 0.909. The van der Waals surface area contributed by atoms with E-state index in [1.807, 2.05) is 0 Å². The molecular formula is C11H22N4. The molecule has 1 fully saturated rings. The molecule has 15 heavy (non-hydrogen) atoms. The molecule has 2 rings (SSSR count). The molecule has 0 radical (unpaired) electrons. The summed E-state index contributed by atoms with van der Waals surface area (Å²) in [4.78, 5) is 6.90. The van der Waals surface area contributed by atoms with E-state index >= 15 is 0 Å². The minimum Gasteiger partial charge on any atom is -0.354 e. The number of hydrogen-bond acceptors (Lipinski definition) is 4. The Bertz CT molecular complexity index is 221. The quantitative estimate of drug-likeness (QED) is 0.706. The second-order valence-electron chi connectivity index (χ2n) is 4.37. The molecular weight excluding hydrogens is 188 g/mol. The smallest absolute Gasteiger partial charge is 0.194 e. The molecule has 1 atom stereocenters. The van der Waals surface area contributed by atoms with Crippen molar-refractivity contribution in [2.75, 3.05) is 32.7 Å². The maximum atomic E-state index is 4.50. The molecule has 2 heterocycles. The van der Waals surface area contributed by atoms with Crippen LogP contribution in [0.1, 0.15) is 26.2 Å². The van der Waals surface area contributed by atoms with Crippen molar-refractivity contribution in [1.29, 1.82) is 0 Å². The van der Waals surface area contributed by atoms with Gasteiger partial charge in [-0.1, -0.05) is 6.92 Å². The van der Waals surface area contributed by atoms with E-state index in [9.17, 15) is 0 Å². The van der Waals surface area contributed by atoms with E-state index in [2.05, 4.69) is 27.4 Å². The predicted molar refractivity (Wildman–Crippen MR) is 63.2 cm³/mol. The molecule has 1 unspecified atom stereocenters. The minimum atomic E-state index is 0.668. The van der Waals surface area contributed by atoms with Gasteiger partial charge >= 0.3 is 0 Å². The third-order valence-electron chi connectivity index (χ3n) is 3.05. The zero-order valence-electron chi connectivity index (χ0n) is 9.63. The van der Waals surface area contributed by atoms with Gasteiger partial charge < -0.3 is 15.5 Å². The molecule has 0 bridgehead atoms. The average Bonchev–Trinajstić information content (AvgIpc) is 2.89. The van der Waals surface area contributed by atoms with Crippen LogP contribution in [0.4, 0.5) is 0 Å². The first kappa shape index (κ1) is 10.7. The van der Waals surface area contributed by atoms with Crippen LogP contribution in [0.2, 0.25) is 0 Å². The molecule has 2 N–H and O–H groups in total. The van der Waals surface area contributed by atoms with Crippen LogP contribution < -0.4 is 10.6 Å². The summed E-state index contributed by atoms with van der Waals surface area (Å²) < 4.78 is 0. The van der Waals surface area contributed by atoms with Gasteiger partial charge in [-0.15, -0.1) is 0 Å². The standard InChI is InChI=1S/C11H22N4/c1-2-8-15(11-13-6-7-14-11)9-10-4-3-5-12-10/h10,12H,2-9H2,1H3,(H,13,14). The summed E-state index contributed by atoms with van der Waals surface area (Å²) in [6.45, 7) is 7.58. The Balaban J connectivity index is 1.86. The van der Waals surface area contributed by atoms with Crippen molar-refractivity contribution in [1.82, 2.24) is 15.5 Å². The first-order valence-corrected chi connectivity index (χ1v) is 6.17. The SMILES string of the molecule is CCCN(CC1CCCN1)C1=NCCN1. The van der Waals surface area contributed by atoms with E-state index in [1.165, 1.54) is 25.8 Å². The van der Waals surface area contributed by atoms with Crippen molar-refractivity contribution < 1.29 is 0 Å². The highest BCUT2D eigenvalue weighted by Crippen LogP contribution is 2.08. The lowest BCUT2D eigenvalue weighted by Crippen LogP contribution is -2.45. The molecule has 86 valence electrons. The van der Waals surface area contributed by atoms with Crippen molar-refractivity contribution in [2.45, 2.75) is 32.2 Å². The molecule has 0 aromatic carbocycles. The Kier molecular flexibility index (Phi) is 3.83. The molecule has 0 aromatic heterocycles. The van der Waals surface area contributed by atoms with E-state index in [0.29, 0.717) is 6.04 Å². The topological polar surface area (TPSA) is 39.7 Å². The van der Waals surface area contributed by atoms with Crippen LogP contribution >= 0.6 is 0 Å².